The van der Waals surface area contributed by atoms with Crippen LogP contribution in [0.3, 0.4) is 0 Å². The number of rotatable bonds is 6. The molecule has 154 valence electrons. The quantitative estimate of drug-likeness (QED) is 0.652. The summed E-state index contributed by atoms with van der Waals surface area (Å²) in [6, 6.07) is 20.4. The molecule has 0 bridgehead atoms. The lowest BCUT2D eigenvalue weighted by Crippen LogP contribution is -2.42. The third kappa shape index (κ3) is 4.31. The fourth-order valence-electron chi connectivity index (χ4n) is 4.18. The van der Waals surface area contributed by atoms with Crippen molar-refractivity contribution in [2.75, 3.05) is 13.1 Å². The molecule has 1 fully saturated rings. The number of hydrogen-bond donors (Lipinski definition) is 1. The lowest BCUT2D eigenvalue weighted by Gasteiger charge is -2.26. The van der Waals surface area contributed by atoms with E-state index >= 15 is 0 Å². The molecule has 0 saturated carbocycles. The van der Waals surface area contributed by atoms with E-state index in [1.807, 2.05) is 49.4 Å². The molecule has 0 aliphatic carbocycles. The molecule has 2 aromatic carbocycles. The first-order valence-electron chi connectivity index (χ1n) is 10.2. The highest BCUT2D eigenvalue weighted by Gasteiger charge is 2.44. The van der Waals surface area contributed by atoms with Crippen molar-refractivity contribution in [1.82, 2.24) is 4.90 Å². The lowest BCUT2D eigenvalue weighted by atomic mass is 9.80. The topological polar surface area (TPSA) is 63.4 Å². The molecule has 1 aliphatic rings. The maximum atomic E-state index is 12.8. The van der Waals surface area contributed by atoms with Crippen molar-refractivity contribution in [1.29, 1.82) is 0 Å². The van der Waals surface area contributed by atoms with Crippen LogP contribution in [0.2, 0.25) is 0 Å². The average molecular weight is 419 g/mol. The number of thiophene rings is 1. The smallest absolute Gasteiger partial charge is 0.227 e. The average Bonchev–Trinajstić information content (AvgIpc) is 3.41. The highest BCUT2D eigenvalue weighted by Crippen LogP contribution is 2.35. The van der Waals surface area contributed by atoms with Crippen LogP contribution in [0.4, 0.5) is 0 Å². The van der Waals surface area contributed by atoms with Crippen molar-refractivity contribution in [3.8, 4) is 10.4 Å². The summed E-state index contributed by atoms with van der Waals surface area (Å²) in [4.78, 5) is 28.3. The Morgan fingerprint density at radius 2 is 1.87 bits per heavy atom. The first kappa shape index (κ1) is 20.4. The van der Waals surface area contributed by atoms with Crippen LogP contribution in [0.15, 0.2) is 66.0 Å². The number of benzene rings is 2. The predicted octanol–water partition coefficient (Wildman–Crippen LogP) is 4.21. The molecule has 5 heteroatoms. The summed E-state index contributed by atoms with van der Waals surface area (Å²) in [7, 11) is 0. The van der Waals surface area contributed by atoms with E-state index in [9.17, 15) is 9.59 Å². The van der Waals surface area contributed by atoms with Gasteiger partial charge in [-0.25, -0.2) is 0 Å². The molecule has 3 aromatic rings. The van der Waals surface area contributed by atoms with Gasteiger partial charge in [0, 0.05) is 18.0 Å². The molecule has 0 spiro atoms. The number of carbonyl (C=O) groups is 2. The molecular formula is C25H26N2O2S. The number of amides is 2. The molecular weight excluding hydrogens is 392 g/mol. The van der Waals surface area contributed by atoms with E-state index < -0.39 is 5.41 Å². The Bertz CT molecular complexity index is 1040. The van der Waals surface area contributed by atoms with Crippen LogP contribution in [0.1, 0.15) is 23.1 Å². The number of aryl methyl sites for hydroxylation is 1. The predicted molar refractivity (Wildman–Crippen MR) is 121 cm³/mol. The van der Waals surface area contributed by atoms with Gasteiger partial charge in [0.25, 0.3) is 0 Å². The molecule has 2 amide bonds. The van der Waals surface area contributed by atoms with E-state index in [0.29, 0.717) is 32.4 Å². The van der Waals surface area contributed by atoms with E-state index in [0.717, 1.165) is 16.7 Å². The van der Waals surface area contributed by atoms with Crippen molar-refractivity contribution in [2.24, 2.45) is 11.1 Å². The highest BCUT2D eigenvalue weighted by molar-refractivity contribution is 7.13. The summed E-state index contributed by atoms with van der Waals surface area (Å²) in [5.74, 6) is -0.274. The van der Waals surface area contributed by atoms with Crippen LogP contribution < -0.4 is 5.73 Å². The Morgan fingerprint density at radius 3 is 2.57 bits per heavy atom. The van der Waals surface area contributed by atoms with Crippen molar-refractivity contribution in [2.45, 2.75) is 26.2 Å². The van der Waals surface area contributed by atoms with Gasteiger partial charge in [-0.05, 0) is 47.9 Å². The highest BCUT2D eigenvalue weighted by atomic mass is 32.1. The Hall–Kier alpha value is -2.92. The molecule has 1 aromatic heterocycles. The van der Waals surface area contributed by atoms with Gasteiger partial charge in [0.15, 0.2) is 0 Å². The van der Waals surface area contributed by atoms with Crippen LogP contribution in [0, 0.1) is 12.3 Å². The van der Waals surface area contributed by atoms with Crippen LogP contribution >= 0.6 is 11.3 Å². The minimum absolute atomic E-state index is 0.0503. The molecule has 1 saturated heterocycles. The monoisotopic (exact) mass is 418 g/mol. The van der Waals surface area contributed by atoms with Gasteiger partial charge in [-0.2, -0.15) is 0 Å². The molecule has 4 rings (SSSR count). The van der Waals surface area contributed by atoms with E-state index in [-0.39, 0.29) is 11.8 Å². The zero-order valence-electron chi connectivity index (χ0n) is 17.1. The molecule has 1 atom stereocenters. The number of carbonyl (C=O) groups excluding carboxylic acids is 2. The van der Waals surface area contributed by atoms with E-state index in [2.05, 4.69) is 23.6 Å². The molecule has 2 N–H and O–H groups in total. The fraction of sp³-hybridized carbons (Fsp3) is 0.280. The van der Waals surface area contributed by atoms with Gasteiger partial charge < -0.3 is 10.6 Å². The summed E-state index contributed by atoms with van der Waals surface area (Å²) in [5, 5.41) is 2.06. The van der Waals surface area contributed by atoms with E-state index in [4.69, 9.17) is 5.73 Å². The summed E-state index contributed by atoms with van der Waals surface area (Å²) in [6.45, 7) is 2.98. The summed E-state index contributed by atoms with van der Waals surface area (Å²) in [6.07, 6.45) is 1.50. The van der Waals surface area contributed by atoms with Gasteiger partial charge in [-0.15, -0.1) is 11.3 Å². The number of nitrogens with two attached hydrogens (primary N) is 1. The Morgan fingerprint density at radius 1 is 1.07 bits per heavy atom. The Balaban J connectivity index is 1.49. The van der Waals surface area contributed by atoms with Crippen molar-refractivity contribution in [3.05, 3.63) is 82.7 Å². The largest absolute Gasteiger partial charge is 0.369 e. The summed E-state index contributed by atoms with van der Waals surface area (Å²) >= 11 is 1.69. The van der Waals surface area contributed by atoms with Gasteiger partial charge >= 0.3 is 0 Å². The van der Waals surface area contributed by atoms with Gasteiger partial charge in [-0.1, -0.05) is 60.2 Å². The third-order valence-corrected chi connectivity index (χ3v) is 6.90. The number of nitrogens with zero attached hydrogens (tertiary/aromatic N) is 1. The molecule has 4 nitrogen and oxygen atoms in total. The lowest BCUT2D eigenvalue weighted by molar-refractivity contribution is -0.131. The van der Waals surface area contributed by atoms with Gasteiger partial charge in [0.1, 0.15) is 0 Å². The SMILES string of the molecule is Cc1ccc(CC(=O)N2CC[C@](Cc3cccc(-c4cccs4)c3)(C(N)=O)C2)cc1. The first-order valence-corrected chi connectivity index (χ1v) is 11.1. The van der Waals surface area contributed by atoms with E-state index in [1.165, 1.54) is 10.4 Å². The normalized spacial score (nSPS) is 18.5. The second-order valence-corrected chi connectivity index (χ2v) is 9.17. The maximum Gasteiger partial charge on any atom is 0.227 e. The molecule has 2 heterocycles. The van der Waals surface area contributed by atoms with Crippen molar-refractivity contribution >= 4 is 23.2 Å². The second-order valence-electron chi connectivity index (χ2n) is 8.23. The zero-order valence-corrected chi connectivity index (χ0v) is 18.0. The number of likely N-dealkylation sites (tertiary alicyclic amines) is 1. The summed E-state index contributed by atoms with van der Waals surface area (Å²) in [5.41, 5.74) is 9.54. The standard InChI is InChI=1S/C25H26N2O2S/c1-18-7-9-19(10-8-18)15-23(28)27-12-11-25(17-27,24(26)29)16-20-4-2-5-21(14-20)22-6-3-13-30-22/h2-10,13-14H,11-12,15-17H2,1H3,(H2,26,29)/t25-/m1/s1. The maximum absolute atomic E-state index is 12.8. The first-order chi connectivity index (χ1) is 14.4. The number of hydrogen-bond acceptors (Lipinski definition) is 3. The Labute approximate surface area is 181 Å². The fourth-order valence-corrected chi connectivity index (χ4v) is 4.90. The molecule has 0 unspecified atom stereocenters. The van der Waals surface area contributed by atoms with Crippen LogP contribution in [-0.2, 0) is 22.4 Å². The van der Waals surface area contributed by atoms with Crippen LogP contribution in [0.5, 0.6) is 0 Å². The minimum Gasteiger partial charge on any atom is -0.369 e. The van der Waals surface area contributed by atoms with Crippen molar-refractivity contribution in [3.63, 3.8) is 0 Å². The van der Waals surface area contributed by atoms with Crippen LogP contribution in [0.25, 0.3) is 10.4 Å². The van der Waals surface area contributed by atoms with Gasteiger partial charge in [-0.3, -0.25) is 9.59 Å². The molecule has 0 radical (unpaired) electrons. The van der Waals surface area contributed by atoms with E-state index in [1.54, 1.807) is 16.2 Å². The van der Waals surface area contributed by atoms with Gasteiger partial charge in [0.2, 0.25) is 11.8 Å². The van der Waals surface area contributed by atoms with Gasteiger partial charge in [0.05, 0.1) is 11.8 Å². The summed E-state index contributed by atoms with van der Waals surface area (Å²) < 4.78 is 0. The van der Waals surface area contributed by atoms with Crippen molar-refractivity contribution < 1.29 is 9.59 Å². The Kier molecular flexibility index (Phi) is 5.73. The zero-order chi connectivity index (χ0) is 21.1. The number of primary amides is 1. The molecule has 30 heavy (non-hydrogen) atoms. The van der Waals surface area contributed by atoms with Crippen LogP contribution in [-0.4, -0.2) is 29.8 Å². The second kappa shape index (κ2) is 8.44. The molecule has 1 aliphatic heterocycles. The third-order valence-electron chi connectivity index (χ3n) is 5.98. The minimum atomic E-state index is -0.711.